The van der Waals surface area contributed by atoms with Crippen LogP contribution in [-0.4, -0.2) is 14.9 Å². The van der Waals surface area contributed by atoms with E-state index in [4.69, 9.17) is 0 Å². The normalized spacial score (nSPS) is 10.6. The van der Waals surface area contributed by atoms with Gasteiger partial charge in [0.25, 0.3) is 0 Å². The molecule has 2 aromatic rings. The lowest BCUT2D eigenvalue weighted by molar-refractivity contribution is -0.385. The second-order valence-corrected chi connectivity index (χ2v) is 4.77. The Labute approximate surface area is 117 Å². The van der Waals surface area contributed by atoms with Crippen LogP contribution >= 0.6 is 0 Å². The zero-order chi connectivity index (χ0) is 14.5. The van der Waals surface area contributed by atoms with Crippen molar-refractivity contribution < 1.29 is 4.92 Å². The Hall–Kier alpha value is -2.50. The summed E-state index contributed by atoms with van der Waals surface area (Å²) in [5.41, 5.74) is 2.29. The summed E-state index contributed by atoms with van der Waals surface area (Å²) in [7, 11) is 0. The highest BCUT2D eigenvalue weighted by molar-refractivity contribution is 5.33. The molecule has 0 radical (unpaired) electrons. The molecular formula is C14H16N4O2. The van der Waals surface area contributed by atoms with Crippen molar-refractivity contribution in [1.82, 2.24) is 9.97 Å². The first-order valence-electron chi connectivity index (χ1n) is 6.35. The van der Waals surface area contributed by atoms with Gasteiger partial charge >= 0.3 is 5.69 Å². The zero-order valence-corrected chi connectivity index (χ0v) is 11.4. The van der Waals surface area contributed by atoms with Crippen LogP contribution in [-0.2, 0) is 6.54 Å². The Morgan fingerprint density at radius 1 is 1.20 bits per heavy atom. The predicted octanol–water partition coefficient (Wildman–Crippen LogP) is 3.12. The lowest BCUT2D eigenvalue weighted by Gasteiger charge is -2.07. The highest BCUT2D eigenvalue weighted by atomic mass is 16.6. The molecule has 0 spiro atoms. The number of aromatic nitrogens is 2. The third kappa shape index (κ3) is 3.50. The van der Waals surface area contributed by atoms with Gasteiger partial charge in [0.05, 0.1) is 4.92 Å². The number of rotatable bonds is 5. The molecule has 104 valence electrons. The van der Waals surface area contributed by atoms with Crippen LogP contribution in [0.3, 0.4) is 0 Å². The highest BCUT2D eigenvalue weighted by Gasteiger charge is 2.06. The molecule has 0 unspecified atom stereocenters. The van der Waals surface area contributed by atoms with Gasteiger partial charge in [-0.2, -0.15) is 0 Å². The molecule has 0 aliphatic carbocycles. The lowest BCUT2D eigenvalue weighted by atomic mass is 10.0. The lowest BCUT2D eigenvalue weighted by Crippen LogP contribution is -2.04. The summed E-state index contributed by atoms with van der Waals surface area (Å²) in [6, 6.07) is 8.29. The largest absolute Gasteiger partial charge is 0.350 e. The number of hydrogen-bond donors (Lipinski definition) is 1. The van der Waals surface area contributed by atoms with Crippen molar-refractivity contribution >= 4 is 11.6 Å². The topological polar surface area (TPSA) is 81.0 Å². The van der Waals surface area contributed by atoms with Crippen LogP contribution in [0.25, 0.3) is 0 Å². The zero-order valence-electron chi connectivity index (χ0n) is 11.4. The SMILES string of the molecule is CC(C)c1ccc(CNc2ncc([N+](=O)[O-])cn2)cc1. The van der Waals surface area contributed by atoms with Crippen molar-refractivity contribution in [2.45, 2.75) is 26.3 Å². The summed E-state index contributed by atoms with van der Waals surface area (Å²) in [6.07, 6.45) is 2.38. The van der Waals surface area contributed by atoms with Gasteiger partial charge in [-0.3, -0.25) is 10.1 Å². The molecule has 1 aromatic heterocycles. The number of nitro groups is 1. The average molecular weight is 272 g/mol. The Morgan fingerprint density at radius 3 is 2.30 bits per heavy atom. The van der Waals surface area contributed by atoms with Gasteiger partial charge in [0.1, 0.15) is 12.4 Å². The number of nitrogens with zero attached hydrogens (tertiary/aromatic N) is 3. The maximum atomic E-state index is 10.5. The second kappa shape index (κ2) is 6.10. The summed E-state index contributed by atoms with van der Waals surface area (Å²) in [5, 5.41) is 13.5. The molecule has 0 amide bonds. The van der Waals surface area contributed by atoms with Gasteiger partial charge < -0.3 is 5.32 Å². The van der Waals surface area contributed by atoms with Crippen molar-refractivity contribution in [2.75, 3.05) is 5.32 Å². The quantitative estimate of drug-likeness (QED) is 0.668. The van der Waals surface area contributed by atoms with E-state index in [2.05, 4.69) is 41.3 Å². The number of benzene rings is 1. The molecule has 6 nitrogen and oxygen atoms in total. The third-order valence-corrected chi connectivity index (χ3v) is 2.95. The van der Waals surface area contributed by atoms with Crippen molar-refractivity contribution in [3.8, 4) is 0 Å². The molecule has 0 aliphatic heterocycles. The van der Waals surface area contributed by atoms with Gasteiger partial charge in [-0.05, 0) is 17.0 Å². The van der Waals surface area contributed by atoms with Crippen LogP contribution in [0.5, 0.6) is 0 Å². The third-order valence-electron chi connectivity index (χ3n) is 2.95. The standard InChI is InChI=1S/C14H16N4O2/c1-10(2)12-5-3-11(4-6-12)7-15-14-16-8-13(9-17-14)18(19)20/h3-6,8-10H,7H2,1-2H3,(H,15,16,17). The molecule has 0 aliphatic rings. The Bertz CT molecular complexity index is 579. The molecule has 1 heterocycles. The van der Waals surface area contributed by atoms with Crippen LogP contribution in [0.2, 0.25) is 0 Å². The predicted molar refractivity (Wildman–Crippen MR) is 76.5 cm³/mol. The van der Waals surface area contributed by atoms with Gasteiger partial charge in [-0.25, -0.2) is 9.97 Å². The van der Waals surface area contributed by atoms with E-state index in [1.807, 2.05) is 12.1 Å². The van der Waals surface area contributed by atoms with Gasteiger partial charge in [0, 0.05) is 6.54 Å². The first-order chi connectivity index (χ1) is 9.56. The first-order valence-corrected chi connectivity index (χ1v) is 6.35. The van der Waals surface area contributed by atoms with Gasteiger partial charge in [-0.15, -0.1) is 0 Å². The fraction of sp³-hybridized carbons (Fsp3) is 0.286. The highest BCUT2D eigenvalue weighted by Crippen LogP contribution is 2.15. The first kappa shape index (κ1) is 13.9. The van der Waals surface area contributed by atoms with Crippen molar-refractivity contribution in [3.05, 3.63) is 57.9 Å². The fourth-order valence-corrected chi connectivity index (χ4v) is 1.71. The van der Waals surface area contributed by atoms with Gasteiger partial charge in [-0.1, -0.05) is 38.1 Å². The minimum atomic E-state index is -0.519. The summed E-state index contributed by atoms with van der Waals surface area (Å²) >= 11 is 0. The Kier molecular flexibility index (Phi) is 4.24. The summed E-state index contributed by atoms with van der Waals surface area (Å²) in [6.45, 7) is 4.88. The summed E-state index contributed by atoms with van der Waals surface area (Å²) in [5.74, 6) is 0.888. The monoisotopic (exact) mass is 272 g/mol. The number of hydrogen-bond acceptors (Lipinski definition) is 5. The average Bonchev–Trinajstić information content (AvgIpc) is 2.46. The smallest absolute Gasteiger partial charge is 0.305 e. The molecular weight excluding hydrogens is 256 g/mol. The van der Waals surface area contributed by atoms with Crippen LogP contribution < -0.4 is 5.32 Å². The van der Waals surface area contributed by atoms with Crippen LogP contribution in [0.15, 0.2) is 36.7 Å². The Balaban J connectivity index is 1.96. The van der Waals surface area contributed by atoms with Crippen molar-refractivity contribution in [2.24, 2.45) is 0 Å². The summed E-state index contributed by atoms with van der Waals surface area (Å²) in [4.78, 5) is 17.8. The van der Waals surface area contributed by atoms with Crippen LogP contribution in [0, 0.1) is 10.1 Å². The molecule has 1 aromatic carbocycles. The van der Waals surface area contributed by atoms with Gasteiger partial charge in [0.2, 0.25) is 5.95 Å². The molecule has 20 heavy (non-hydrogen) atoms. The second-order valence-electron chi connectivity index (χ2n) is 4.77. The maximum absolute atomic E-state index is 10.5. The molecule has 0 atom stereocenters. The van der Waals surface area contributed by atoms with E-state index in [-0.39, 0.29) is 5.69 Å². The molecule has 6 heteroatoms. The van der Waals surface area contributed by atoms with Crippen molar-refractivity contribution in [3.63, 3.8) is 0 Å². The van der Waals surface area contributed by atoms with E-state index in [9.17, 15) is 10.1 Å². The molecule has 0 saturated heterocycles. The fourth-order valence-electron chi connectivity index (χ4n) is 1.71. The number of anilines is 1. The van der Waals surface area contributed by atoms with E-state index in [0.29, 0.717) is 18.4 Å². The van der Waals surface area contributed by atoms with Crippen LogP contribution in [0.4, 0.5) is 11.6 Å². The van der Waals surface area contributed by atoms with Gasteiger partial charge in [0.15, 0.2) is 0 Å². The number of nitrogens with one attached hydrogen (secondary N) is 1. The minimum absolute atomic E-state index is 0.114. The van der Waals surface area contributed by atoms with E-state index in [1.54, 1.807) is 0 Å². The maximum Gasteiger partial charge on any atom is 0.305 e. The van der Waals surface area contributed by atoms with E-state index >= 15 is 0 Å². The van der Waals surface area contributed by atoms with E-state index in [1.165, 1.54) is 18.0 Å². The summed E-state index contributed by atoms with van der Waals surface area (Å²) < 4.78 is 0. The minimum Gasteiger partial charge on any atom is -0.350 e. The molecule has 0 bridgehead atoms. The van der Waals surface area contributed by atoms with Crippen LogP contribution in [0.1, 0.15) is 30.9 Å². The molecule has 0 saturated carbocycles. The molecule has 1 N–H and O–H groups in total. The van der Waals surface area contributed by atoms with Crippen molar-refractivity contribution in [1.29, 1.82) is 0 Å². The Morgan fingerprint density at radius 2 is 1.80 bits per heavy atom. The molecule has 2 rings (SSSR count). The van der Waals surface area contributed by atoms with E-state index < -0.39 is 4.92 Å². The van der Waals surface area contributed by atoms with E-state index in [0.717, 1.165) is 5.56 Å². The molecule has 0 fully saturated rings.